The predicted octanol–water partition coefficient (Wildman–Crippen LogP) is 2.13. The largest absolute Gasteiger partial charge is 0.379 e. The molecular formula is C11H14F4N2O2S. The van der Waals surface area contributed by atoms with Crippen molar-refractivity contribution in [1.82, 2.24) is 4.98 Å². The molecule has 0 bridgehead atoms. The van der Waals surface area contributed by atoms with Crippen LogP contribution in [0.4, 0.5) is 17.6 Å². The van der Waals surface area contributed by atoms with Gasteiger partial charge in [0.1, 0.15) is 11.6 Å². The van der Waals surface area contributed by atoms with Gasteiger partial charge in [0, 0.05) is 12.0 Å². The fourth-order valence-electron chi connectivity index (χ4n) is 1.73. The summed E-state index contributed by atoms with van der Waals surface area (Å²) in [6.07, 6.45) is -3.11. The fraction of sp³-hybridized carbons (Fsp3) is 0.727. The van der Waals surface area contributed by atoms with Crippen LogP contribution < -0.4 is 5.73 Å². The SMILES string of the molecule is NC1(c2csc(COCC(F)(F)C(F)F)n2)CCOC1. The Hall–Kier alpha value is -0.770. The van der Waals surface area contributed by atoms with Crippen molar-refractivity contribution in [3.8, 4) is 0 Å². The second-order valence-corrected chi connectivity index (χ2v) is 5.58. The van der Waals surface area contributed by atoms with Gasteiger partial charge in [-0.05, 0) is 6.42 Å². The molecule has 0 spiro atoms. The molecule has 20 heavy (non-hydrogen) atoms. The molecule has 4 nitrogen and oxygen atoms in total. The number of hydrogen-bond donors (Lipinski definition) is 1. The Balaban J connectivity index is 1.87. The van der Waals surface area contributed by atoms with Crippen molar-refractivity contribution < 1.29 is 27.0 Å². The molecule has 0 saturated carbocycles. The molecule has 0 amide bonds. The zero-order valence-corrected chi connectivity index (χ0v) is 11.3. The second-order valence-electron chi connectivity index (χ2n) is 4.64. The number of thiazole rings is 1. The minimum Gasteiger partial charge on any atom is -0.379 e. The first-order valence-electron chi connectivity index (χ1n) is 5.89. The Morgan fingerprint density at radius 1 is 1.55 bits per heavy atom. The fourth-order valence-corrected chi connectivity index (χ4v) is 2.56. The number of aromatic nitrogens is 1. The molecule has 0 aromatic carbocycles. The van der Waals surface area contributed by atoms with E-state index in [1.807, 2.05) is 0 Å². The van der Waals surface area contributed by atoms with Crippen LogP contribution in [0.25, 0.3) is 0 Å². The van der Waals surface area contributed by atoms with E-state index in [9.17, 15) is 17.6 Å². The third-order valence-electron chi connectivity index (χ3n) is 2.95. The van der Waals surface area contributed by atoms with Gasteiger partial charge >= 0.3 is 12.3 Å². The molecule has 114 valence electrons. The van der Waals surface area contributed by atoms with Crippen LogP contribution in [0.15, 0.2) is 5.38 Å². The first kappa shape index (κ1) is 15.6. The van der Waals surface area contributed by atoms with Gasteiger partial charge in [0.25, 0.3) is 0 Å². The summed E-state index contributed by atoms with van der Waals surface area (Å²) in [5, 5.41) is 2.13. The summed E-state index contributed by atoms with van der Waals surface area (Å²) in [7, 11) is 0. The van der Waals surface area contributed by atoms with Crippen molar-refractivity contribution in [2.45, 2.75) is 30.9 Å². The molecule has 1 aliphatic rings. The highest BCUT2D eigenvalue weighted by Gasteiger charge is 2.41. The van der Waals surface area contributed by atoms with Gasteiger partial charge < -0.3 is 15.2 Å². The van der Waals surface area contributed by atoms with Crippen molar-refractivity contribution in [2.24, 2.45) is 5.73 Å². The minimum atomic E-state index is -4.14. The van der Waals surface area contributed by atoms with Crippen LogP contribution in [0.1, 0.15) is 17.1 Å². The lowest BCUT2D eigenvalue weighted by molar-refractivity contribution is -0.168. The van der Waals surface area contributed by atoms with Crippen LogP contribution in [-0.2, 0) is 21.6 Å². The maximum absolute atomic E-state index is 12.6. The van der Waals surface area contributed by atoms with E-state index in [4.69, 9.17) is 10.5 Å². The van der Waals surface area contributed by atoms with Gasteiger partial charge in [-0.2, -0.15) is 8.78 Å². The van der Waals surface area contributed by atoms with Crippen LogP contribution in [-0.4, -0.2) is 37.2 Å². The second kappa shape index (κ2) is 5.92. The number of rotatable bonds is 6. The lowest BCUT2D eigenvalue weighted by Gasteiger charge is -2.18. The van der Waals surface area contributed by atoms with Crippen molar-refractivity contribution in [1.29, 1.82) is 0 Å². The summed E-state index contributed by atoms with van der Waals surface area (Å²) in [6.45, 7) is -0.693. The molecule has 1 fully saturated rings. The zero-order valence-electron chi connectivity index (χ0n) is 10.5. The average molecular weight is 314 g/mol. The molecule has 9 heteroatoms. The Labute approximate surface area is 116 Å². The van der Waals surface area contributed by atoms with Crippen LogP contribution >= 0.6 is 11.3 Å². The van der Waals surface area contributed by atoms with Gasteiger partial charge in [0.05, 0.1) is 24.4 Å². The molecule has 1 aliphatic heterocycles. The molecular weight excluding hydrogens is 300 g/mol. The van der Waals surface area contributed by atoms with Crippen LogP contribution in [0.2, 0.25) is 0 Å². The van der Waals surface area contributed by atoms with Gasteiger partial charge in [0.2, 0.25) is 0 Å². The molecule has 0 aliphatic carbocycles. The van der Waals surface area contributed by atoms with Gasteiger partial charge in [-0.3, -0.25) is 0 Å². The van der Waals surface area contributed by atoms with E-state index < -0.39 is 24.5 Å². The van der Waals surface area contributed by atoms with Gasteiger partial charge in [-0.15, -0.1) is 11.3 Å². The van der Waals surface area contributed by atoms with E-state index in [2.05, 4.69) is 9.72 Å². The number of halogens is 4. The number of alkyl halides is 4. The molecule has 1 atom stereocenters. The Morgan fingerprint density at radius 2 is 2.30 bits per heavy atom. The van der Waals surface area contributed by atoms with E-state index in [1.165, 1.54) is 11.3 Å². The van der Waals surface area contributed by atoms with E-state index >= 15 is 0 Å². The smallest absolute Gasteiger partial charge is 0.330 e. The first-order valence-corrected chi connectivity index (χ1v) is 6.77. The molecule has 2 rings (SSSR count). The Kier molecular flexibility index (Phi) is 4.62. The zero-order chi connectivity index (χ0) is 14.8. The normalized spacial score (nSPS) is 23.7. The van der Waals surface area contributed by atoms with Crippen LogP contribution in [0, 0.1) is 0 Å². The number of ether oxygens (including phenoxy) is 2. The summed E-state index contributed by atoms with van der Waals surface area (Å²) in [4.78, 5) is 4.18. The maximum atomic E-state index is 12.6. The highest BCUT2D eigenvalue weighted by atomic mass is 32.1. The number of nitrogens with two attached hydrogens (primary N) is 1. The van der Waals surface area contributed by atoms with Crippen LogP contribution in [0.3, 0.4) is 0 Å². The van der Waals surface area contributed by atoms with E-state index in [-0.39, 0.29) is 6.61 Å². The highest BCUT2D eigenvalue weighted by Crippen LogP contribution is 2.29. The molecule has 2 N–H and O–H groups in total. The van der Waals surface area contributed by atoms with Crippen LogP contribution in [0.5, 0.6) is 0 Å². The lowest BCUT2D eigenvalue weighted by atomic mass is 9.97. The molecule has 0 radical (unpaired) electrons. The average Bonchev–Trinajstić information content (AvgIpc) is 2.99. The lowest BCUT2D eigenvalue weighted by Crippen LogP contribution is -2.37. The third kappa shape index (κ3) is 3.46. The third-order valence-corrected chi connectivity index (χ3v) is 3.78. The van der Waals surface area contributed by atoms with Crippen molar-refractivity contribution >= 4 is 11.3 Å². The maximum Gasteiger partial charge on any atom is 0.330 e. The molecule has 1 aromatic rings. The number of nitrogens with zero attached hydrogens (tertiary/aromatic N) is 1. The molecule has 2 heterocycles. The quantitative estimate of drug-likeness (QED) is 0.817. The summed E-state index contributed by atoms with van der Waals surface area (Å²) in [6, 6.07) is 0. The topological polar surface area (TPSA) is 57.4 Å². The number of hydrogen-bond acceptors (Lipinski definition) is 5. The van der Waals surface area contributed by atoms with E-state index in [0.717, 1.165) is 0 Å². The predicted molar refractivity (Wildman–Crippen MR) is 64.0 cm³/mol. The summed E-state index contributed by atoms with van der Waals surface area (Å²) in [5.74, 6) is -4.14. The minimum absolute atomic E-state index is 0.246. The Morgan fingerprint density at radius 3 is 2.90 bits per heavy atom. The van der Waals surface area contributed by atoms with Gasteiger partial charge in [-0.1, -0.05) is 0 Å². The van der Waals surface area contributed by atoms with Gasteiger partial charge in [0.15, 0.2) is 0 Å². The molecule has 1 aromatic heterocycles. The van der Waals surface area contributed by atoms with Gasteiger partial charge in [-0.25, -0.2) is 13.8 Å². The summed E-state index contributed by atoms with van der Waals surface area (Å²) >= 11 is 1.19. The first-order chi connectivity index (χ1) is 9.33. The summed E-state index contributed by atoms with van der Waals surface area (Å²) < 4.78 is 58.9. The molecule has 1 saturated heterocycles. The highest BCUT2D eigenvalue weighted by molar-refractivity contribution is 7.09. The molecule has 1 unspecified atom stereocenters. The summed E-state index contributed by atoms with van der Waals surface area (Å²) in [5.41, 5.74) is 6.04. The Bertz CT molecular complexity index is 449. The van der Waals surface area contributed by atoms with Crippen molar-refractivity contribution in [3.05, 3.63) is 16.1 Å². The van der Waals surface area contributed by atoms with E-state index in [0.29, 0.717) is 30.3 Å². The van der Waals surface area contributed by atoms with E-state index in [1.54, 1.807) is 5.38 Å². The standard InChI is InChI=1S/C11H14F4N2O2S/c12-9(13)11(14,15)6-19-3-8-17-7(4-20-8)10(16)1-2-18-5-10/h4,9H,1-3,5-6,16H2. The monoisotopic (exact) mass is 314 g/mol. The van der Waals surface area contributed by atoms with Crippen molar-refractivity contribution in [3.63, 3.8) is 0 Å². The van der Waals surface area contributed by atoms with Crippen molar-refractivity contribution in [2.75, 3.05) is 19.8 Å².